The largest absolute Gasteiger partial charge is 0.416 e. The molecule has 1 atom stereocenters. The fraction of sp³-hybridized carbons (Fsp3) is 0.133. The second-order valence-electron chi connectivity index (χ2n) is 4.98. The van der Waals surface area contributed by atoms with Gasteiger partial charge in [-0.1, -0.05) is 12.1 Å². The van der Waals surface area contributed by atoms with Crippen molar-refractivity contribution in [3.63, 3.8) is 0 Å². The Balaban J connectivity index is 1.96. The van der Waals surface area contributed by atoms with Crippen LogP contribution < -0.4 is 5.32 Å². The smallest absolute Gasteiger partial charge is 0.357 e. The van der Waals surface area contributed by atoms with Gasteiger partial charge in [0.1, 0.15) is 18.1 Å². The average molecular weight is 335 g/mol. The van der Waals surface area contributed by atoms with Crippen molar-refractivity contribution in [3.8, 4) is 0 Å². The molecule has 124 valence electrons. The molecule has 0 fully saturated rings. The van der Waals surface area contributed by atoms with Crippen LogP contribution in [0, 0.1) is 0 Å². The van der Waals surface area contributed by atoms with Gasteiger partial charge >= 0.3 is 6.18 Å². The number of hydrogen-bond donors (Lipinski definition) is 3. The molecule has 1 amide bonds. The molecule has 3 N–H and O–H groups in total. The molecule has 2 aromatic heterocycles. The molecule has 3 rings (SSSR count). The molecule has 9 heteroatoms. The first kappa shape index (κ1) is 15.8. The molecule has 1 aromatic carbocycles. The van der Waals surface area contributed by atoms with Crippen molar-refractivity contribution < 1.29 is 18.0 Å². The number of aromatic amines is 2. The topological polar surface area (TPSA) is 86.5 Å². The number of carbonyl (C=O) groups is 1. The summed E-state index contributed by atoms with van der Waals surface area (Å²) in [5, 5.41) is 8.92. The molecule has 0 aliphatic heterocycles. The number of nitrogens with one attached hydrogen (secondary N) is 3. The third-order valence-corrected chi connectivity index (χ3v) is 3.37. The monoisotopic (exact) mass is 335 g/mol. The summed E-state index contributed by atoms with van der Waals surface area (Å²) in [5.74, 6) is -0.243. The molecule has 2 heterocycles. The Bertz CT molecular complexity index is 812. The zero-order valence-electron chi connectivity index (χ0n) is 12.1. The molecular formula is C15H12F3N5O. The molecule has 0 saturated heterocycles. The Morgan fingerprint density at radius 3 is 2.67 bits per heavy atom. The minimum absolute atomic E-state index is 0.231. The lowest BCUT2D eigenvalue weighted by atomic mass is 10.0. The molecule has 0 radical (unpaired) electrons. The summed E-state index contributed by atoms with van der Waals surface area (Å²) < 4.78 is 38.8. The zero-order valence-corrected chi connectivity index (χ0v) is 12.1. The third kappa shape index (κ3) is 3.29. The van der Waals surface area contributed by atoms with Gasteiger partial charge in [0.15, 0.2) is 5.82 Å². The van der Waals surface area contributed by atoms with Gasteiger partial charge in [0.2, 0.25) is 0 Å². The standard InChI is InChI=1S/C15H12F3N5O/c16-15(17,18)10-4-1-3-9(7-10)12(13-20-8-21-23-13)22-14(24)11-5-2-6-19-11/h1-8,12,19H,(H,22,24)(H,20,21,23). The Labute approximate surface area is 134 Å². The quantitative estimate of drug-likeness (QED) is 0.685. The van der Waals surface area contributed by atoms with Crippen molar-refractivity contribution in [1.29, 1.82) is 0 Å². The number of hydrogen-bond acceptors (Lipinski definition) is 3. The van der Waals surface area contributed by atoms with Crippen LogP contribution in [-0.4, -0.2) is 26.1 Å². The Kier molecular flexibility index (Phi) is 4.07. The maximum Gasteiger partial charge on any atom is 0.416 e. The predicted molar refractivity (Wildman–Crippen MR) is 77.9 cm³/mol. The molecule has 6 nitrogen and oxygen atoms in total. The number of alkyl halides is 3. The summed E-state index contributed by atoms with van der Waals surface area (Å²) in [6, 6.07) is 7.00. The summed E-state index contributed by atoms with van der Waals surface area (Å²) in [5.41, 5.74) is -0.286. The van der Waals surface area contributed by atoms with Crippen LogP contribution in [0.2, 0.25) is 0 Å². The lowest BCUT2D eigenvalue weighted by Gasteiger charge is -2.18. The Hall–Kier alpha value is -3.10. The van der Waals surface area contributed by atoms with E-state index in [4.69, 9.17) is 0 Å². The van der Waals surface area contributed by atoms with Crippen LogP contribution in [0.4, 0.5) is 13.2 Å². The van der Waals surface area contributed by atoms with Crippen molar-refractivity contribution >= 4 is 5.91 Å². The van der Waals surface area contributed by atoms with E-state index < -0.39 is 23.7 Å². The van der Waals surface area contributed by atoms with Gasteiger partial charge < -0.3 is 10.3 Å². The highest BCUT2D eigenvalue weighted by Gasteiger charge is 2.31. The van der Waals surface area contributed by atoms with Gasteiger partial charge in [-0.15, -0.1) is 0 Å². The van der Waals surface area contributed by atoms with Crippen LogP contribution in [0.1, 0.15) is 33.5 Å². The molecule has 0 aliphatic rings. The van der Waals surface area contributed by atoms with Crippen LogP contribution >= 0.6 is 0 Å². The van der Waals surface area contributed by atoms with E-state index in [-0.39, 0.29) is 17.1 Å². The molecular weight excluding hydrogens is 323 g/mol. The van der Waals surface area contributed by atoms with E-state index in [2.05, 4.69) is 25.5 Å². The first-order chi connectivity index (χ1) is 11.4. The Morgan fingerprint density at radius 2 is 2.04 bits per heavy atom. The van der Waals surface area contributed by atoms with E-state index in [9.17, 15) is 18.0 Å². The number of rotatable bonds is 4. The fourth-order valence-electron chi connectivity index (χ4n) is 2.24. The maximum atomic E-state index is 12.9. The van der Waals surface area contributed by atoms with Gasteiger partial charge in [-0.05, 0) is 29.8 Å². The zero-order chi connectivity index (χ0) is 17.2. The van der Waals surface area contributed by atoms with Crippen molar-refractivity contribution in [2.45, 2.75) is 12.2 Å². The first-order valence-electron chi connectivity index (χ1n) is 6.92. The number of amides is 1. The van der Waals surface area contributed by atoms with Gasteiger partial charge in [-0.25, -0.2) is 4.98 Å². The fourth-order valence-corrected chi connectivity index (χ4v) is 2.24. The number of benzene rings is 1. The van der Waals surface area contributed by atoms with Crippen molar-refractivity contribution in [3.05, 3.63) is 71.6 Å². The van der Waals surface area contributed by atoms with Gasteiger partial charge in [0.25, 0.3) is 5.91 Å². The number of H-pyrrole nitrogens is 2. The highest BCUT2D eigenvalue weighted by molar-refractivity contribution is 5.92. The van der Waals surface area contributed by atoms with E-state index in [1.807, 2.05) is 0 Å². The molecule has 0 aliphatic carbocycles. The van der Waals surface area contributed by atoms with Crippen LogP contribution in [0.15, 0.2) is 48.9 Å². The highest BCUT2D eigenvalue weighted by atomic mass is 19.4. The number of nitrogens with zero attached hydrogens (tertiary/aromatic N) is 2. The summed E-state index contributed by atoms with van der Waals surface area (Å²) >= 11 is 0. The van der Waals surface area contributed by atoms with E-state index >= 15 is 0 Å². The highest BCUT2D eigenvalue weighted by Crippen LogP contribution is 2.31. The summed E-state index contributed by atoms with van der Waals surface area (Å²) in [7, 11) is 0. The molecule has 1 unspecified atom stereocenters. The normalized spacial score (nSPS) is 12.8. The van der Waals surface area contributed by atoms with Crippen LogP contribution in [-0.2, 0) is 6.18 Å². The van der Waals surface area contributed by atoms with E-state index in [1.54, 1.807) is 18.3 Å². The molecule has 3 aromatic rings. The van der Waals surface area contributed by atoms with E-state index in [0.717, 1.165) is 12.1 Å². The van der Waals surface area contributed by atoms with Gasteiger partial charge in [0.05, 0.1) is 5.56 Å². The number of aromatic nitrogens is 4. The Morgan fingerprint density at radius 1 is 1.21 bits per heavy atom. The second-order valence-corrected chi connectivity index (χ2v) is 4.98. The van der Waals surface area contributed by atoms with Crippen LogP contribution in [0.5, 0.6) is 0 Å². The molecule has 24 heavy (non-hydrogen) atoms. The minimum Gasteiger partial charge on any atom is -0.357 e. The predicted octanol–water partition coefficient (Wildman–Crippen LogP) is 2.67. The second kappa shape index (κ2) is 6.19. The van der Waals surface area contributed by atoms with Crippen molar-refractivity contribution in [2.75, 3.05) is 0 Å². The first-order valence-corrected chi connectivity index (χ1v) is 6.92. The average Bonchev–Trinajstić information content (AvgIpc) is 3.25. The van der Waals surface area contributed by atoms with Crippen LogP contribution in [0.25, 0.3) is 0 Å². The van der Waals surface area contributed by atoms with Gasteiger partial charge in [0, 0.05) is 6.20 Å². The SMILES string of the molecule is O=C(NC(c1cccc(C(F)(F)F)c1)c1ncn[nH]1)c1ccc[nH]1. The molecule has 0 spiro atoms. The van der Waals surface area contributed by atoms with E-state index in [1.165, 1.54) is 18.5 Å². The van der Waals surface area contributed by atoms with Gasteiger partial charge in [-0.2, -0.15) is 18.3 Å². The van der Waals surface area contributed by atoms with E-state index in [0.29, 0.717) is 0 Å². The summed E-state index contributed by atoms with van der Waals surface area (Å²) in [6.45, 7) is 0. The van der Waals surface area contributed by atoms with Crippen molar-refractivity contribution in [1.82, 2.24) is 25.5 Å². The number of carbonyl (C=O) groups excluding carboxylic acids is 1. The van der Waals surface area contributed by atoms with Crippen LogP contribution in [0.3, 0.4) is 0 Å². The maximum absolute atomic E-state index is 12.9. The van der Waals surface area contributed by atoms with Crippen molar-refractivity contribution in [2.24, 2.45) is 0 Å². The summed E-state index contributed by atoms with van der Waals surface area (Å²) in [4.78, 5) is 18.9. The lowest BCUT2D eigenvalue weighted by molar-refractivity contribution is -0.137. The molecule has 0 bridgehead atoms. The minimum atomic E-state index is -4.48. The summed E-state index contributed by atoms with van der Waals surface area (Å²) in [6.07, 6.45) is -1.69. The van der Waals surface area contributed by atoms with Gasteiger partial charge in [-0.3, -0.25) is 9.89 Å². The lowest BCUT2D eigenvalue weighted by Crippen LogP contribution is -2.30. The molecule has 0 saturated carbocycles. The number of halogens is 3. The third-order valence-electron chi connectivity index (χ3n) is 3.37.